The summed E-state index contributed by atoms with van der Waals surface area (Å²) in [4.78, 5) is 10.8. The molecule has 0 saturated heterocycles. The fourth-order valence-corrected chi connectivity index (χ4v) is 2.56. The number of nitrogens with zero attached hydrogens (tertiary/aromatic N) is 2. The highest BCUT2D eigenvalue weighted by atomic mass is 32.2. The summed E-state index contributed by atoms with van der Waals surface area (Å²) in [5, 5.41) is 12.6. The Morgan fingerprint density at radius 3 is 2.76 bits per heavy atom. The number of sulfonamides is 1. The summed E-state index contributed by atoms with van der Waals surface area (Å²) in [5.41, 5.74) is -0.160. The number of carboxylic acids is 1. The van der Waals surface area contributed by atoms with Crippen LogP contribution in [0.2, 0.25) is 0 Å². The number of unbranched alkanes of at least 4 members (excludes halogenated alkanes) is 1. The van der Waals surface area contributed by atoms with E-state index in [0.29, 0.717) is 6.42 Å². The average molecular weight is 261 g/mol. The van der Waals surface area contributed by atoms with Gasteiger partial charge in [0, 0.05) is 7.05 Å². The number of aromatic carboxylic acids is 1. The normalized spacial score (nSPS) is 11.4. The largest absolute Gasteiger partial charge is 0.477 e. The summed E-state index contributed by atoms with van der Waals surface area (Å²) in [6, 6.07) is 0. The molecule has 0 fully saturated rings. The zero-order chi connectivity index (χ0) is 13.1. The minimum Gasteiger partial charge on any atom is -0.477 e. The second kappa shape index (κ2) is 5.17. The Bertz CT molecular complexity index is 506. The molecule has 0 radical (unpaired) electrons. The number of hydrogen-bond acceptors (Lipinski definition) is 4. The molecule has 0 amide bonds. The fourth-order valence-electron chi connectivity index (χ4n) is 1.25. The van der Waals surface area contributed by atoms with Crippen LogP contribution in [0.3, 0.4) is 0 Å². The number of nitrogens with one attached hydrogen (secondary N) is 1. The van der Waals surface area contributed by atoms with Crippen LogP contribution in [-0.2, 0) is 17.1 Å². The van der Waals surface area contributed by atoms with Crippen molar-refractivity contribution in [3.8, 4) is 0 Å². The van der Waals surface area contributed by atoms with Gasteiger partial charge in [-0.05, 0) is 6.42 Å². The summed E-state index contributed by atoms with van der Waals surface area (Å²) in [5.74, 6) is -1.27. The molecule has 0 saturated carbocycles. The first-order valence-electron chi connectivity index (χ1n) is 5.13. The lowest BCUT2D eigenvalue weighted by Gasteiger charge is -2.08. The van der Waals surface area contributed by atoms with Crippen molar-refractivity contribution in [1.82, 2.24) is 9.78 Å². The molecule has 0 aliphatic carbocycles. The van der Waals surface area contributed by atoms with Crippen LogP contribution in [0.15, 0.2) is 6.20 Å². The molecule has 1 rings (SSSR count). The molecule has 0 unspecified atom stereocenters. The topological polar surface area (TPSA) is 101 Å². The van der Waals surface area contributed by atoms with Gasteiger partial charge in [-0.3, -0.25) is 9.40 Å². The second-order valence-electron chi connectivity index (χ2n) is 3.61. The van der Waals surface area contributed by atoms with E-state index in [-0.39, 0.29) is 17.1 Å². The van der Waals surface area contributed by atoms with E-state index in [9.17, 15) is 13.2 Å². The van der Waals surface area contributed by atoms with Gasteiger partial charge in [0.25, 0.3) is 0 Å². The third-order valence-corrected chi connectivity index (χ3v) is 3.52. The standard InChI is InChI=1S/C9H15N3O4S/c1-3-4-5-17(15,16)11-8-7(9(13)14)6-10-12(8)2/h6,11H,3-5H2,1-2H3,(H,13,14). The second-order valence-corrected chi connectivity index (χ2v) is 5.45. The molecular weight excluding hydrogens is 246 g/mol. The Morgan fingerprint density at radius 1 is 1.59 bits per heavy atom. The molecule has 1 aromatic rings. The predicted molar refractivity (Wildman–Crippen MR) is 62.5 cm³/mol. The van der Waals surface area contributed by atoms with E-state index in [1.807, 2.05) is 6.92 Å². The molecule has 0 aliphatic heterocycles. The van der Waals surface area contributed by atoms with Crippen molar-refractivity contribution < 1.29 is 18.3 Å². The van der Waals surface area contributed by atoms with Gasteiger partial charge >= 0.3 is 5.97 Å². The molecule has 0 aliphatic rings. The highest BCUT2D eigenvalue weighted by Crippen LogP contribution is 2.16. The third kappa shape index (κ3) is 3.45. The summed E-state index contributed by atoms with van der Waals surface area (Å²) >= 11 is 0. The van der Waals surface area contributed by atoms with Gasteiger partial charge in [0.15, 0.2) is 5.82 Å². The Hall–Kier alpha value is -1.57. The van der Waals surface area contributed by atoms with Gasteiger partial charge in [0.2, 0.25) is 10.0 Å². The van der Waals surface area contributed by atoms with E-state index in [0.717, 1.165) is 12.6 Å². The van der Waals surface area contributed by atoms with E-state index in [1.165, 1.54) is 11.7 Å². The summed E-state index contributed by atoms with van der Waals surface area (Å²) < 4.78 is 26.7. The van der Waals surface area contributed by atoms with Gasteiger partial charge in [-0.2, -0.15) is 5.10 Å². The fraction of sp³-hybridized carbons (Fsp3) is 0.556. The van der Waals surface area contributed by atoms with Gasteiger partial charge in [-0.25, -0.2) is 13.2 Å². The molecule has 0 aromatic carbocycles. The number of carbonyl (C=O) groups is 1. The lowest BCUT2D eigenvalue weighted by Crippen LogP contribution is -2.20. The predicted octanol–water partition coefficient (Wildman–Crippen LogP) is 0.660. The Labute approximate surface area is 99.5 Å². The number of aryl methyl sites for hydroxylation is 1. The van der Waals surface area contributed by atoms with Crippen molar-refractivity contribution >= 4 is 21.8 Å². The van der Waals surface area contributed by atoms with E-state index in [2.05, 4.69) is 9.82 Å². The van der Waals surface area contributed by atoms with Crippen LogP contribution in [0, 0.1) is 0 Å². The molecule has 0 bridgehead atoms. The Kier molecular flexibility index (Phi) is 4.11. The number of hydrogen-bond donors (Lipinski definition) is 2. The van der Waals surface area contributed by atoms with Crippen molar-refractivity contribution in [3.63, 3.8) is 0 Å². The van der Waals surface area contributed by atoms with Crippen molar-refractivity contribution in [2.45, 2.75) is 19.8 Å². The first-order chi connectivity index (χ1) is 7.87. The van der Waals surface area contributed by atoms with Crippen LogP contribution in [-0.4, -0.2) is 35.0 Å². The van der Waals surface area contributed by atoms with Crippen molar-refractivity contribution in [3.05, 3.63) is 11.8 Å². The summed E-state index contributed by atoms with van der Waals surface area (Å²) in [7, 11) is -2.04. The lowest BCUT2D eigenvalue weighted by atomic mass is 10.3. The monoisotopic (exact) mass is 261 g/mol. The van der Waals surface area contributed by atoms with Crippen LogP contribution in [0.1, 0.15) is 30.1 Å². The van der Waals surface area contributed by atoms with Crippen molar-refractivity contribution in [1.29, 1.82) is 0 Å². The first kappa shape index (κ1) is 13.5. The van der Waals surface area contributed by atoms with Crippen LogP contribution < -0.4 is 4.72 Å². The molecular formula is C9H15N3O4S. The number of aromatic nitrogens is 2. The molecule has 17 heavy (non-hydrogen) atoms. The first-order valence-corrected chi connectivity index (χ1v) is 6.78. The summed E-state index contributed by atoms with van der Waals surface area (Å²) in [6.07, 6.45) is 2.38. The van der Waals surface area contributed by atoms with Gasteiger partial charge in [0.05, 0.1) is 11.9 Å². The number of rotatable bonds is 6. The van der Waals surface area contributed by atoms with Gasteiger partial charge in [-0.15, -0.1) is 0 Å². The highest BCUT2D eigenvalue weighted by molar-refractivity contribution is 7.92. The minimum absolute atomic E-state index is 0.0198. The number of carboxylic acid groups (broad SMARTS) is 1. The third-order valence-electron chi connectivity index (χ3n) is 2.19. The van der Waals surface area contributed by atoms with Gasteiger partial charge in [-0.1, -0.05) is 13.3 Å². The van der Waals surface area contributed by atoms with E-state index in [4.69, 9.17) is 5.11 Å². The molecule has 7 nitrogen and oxygen atoms in total. The summed E-state index contributed by atoms with van der Waals surface area (Å²) in [6.45, 7) is 1.88. The smallest absolute Gasteiger partial charge is 0.341 e. The average Bonchev–Trinajstić information content (AvgIpc) is 2.57. The van der Waals surface area contributed by atoms with Crippen molar-refractivity contribution in [2.75, 3.05) is 10.5 Å². The van der Waals surface area contributed by atoms with E-state index >= 15 is 0 Å². The quantitative estimate of drug-likeness (QED) is 0.783. The van der Waals surface area contributed by atoms with Crippen LogP contribution >= 0.6 is 0 Å². The van der Waals surface area contributed by atoms with Crippen LogP contribution in [0.5, 0.6) is 0 Å². The maximum atomic E-state index is 11.6. The SMILES string of the molecule is CCCCS(=O)(=O)Nc1c(C(=O)O)cnn1C. The van der Waals surface area contributed by atoms with Gasteiger partial charge in [0.1, 0.15) is 5.56 Å². The number of anilines is 1. The Morgan fingerprint density at radius 2 is 2.24 bits per heavy atom. The lowest BCUT2D eigenvalue weighted by molar-refractivity contribution is 0.0698. The van der Waals surface area contributed by atoms with Crippen LogP contribution in [0.4, 0.5) is 5.82 Å². The molecule has 96 valence electrons. The molecule has 0 atom stereocenters. The molecule has 8 heteroatoms. The van der Waals surface area contributed by atoms with Gasteiger partial charge < -0.3 is 5.11 Å². The zero-order valence-corrected chi connectivity index (χ0v) is 10.5. The highest BCUT2D eigenvalue weighted by Gasteiger charge is 2.19. The molecule has 2 N–H and O–H groups in total. The molecule has 1 aromatic heterocycles. The maximum absolute atomic E-state index is 11.6. The van der Waals surface area contributed by atoms with Crippen molar-refractivity contribution in [2.24, 2.45) is 7.05 Å². The minimum atomic E-state index is -3.52. The van der Waals surface area contributed by atoms with E-state index in [1.54, 1.807) is 0 Å². The van der Waals surface area contributed by atoms with E-state index < -0.39 is 16.0 Å². The molecule has 0 spiro atoms. The maximum Gasteiger partial charge on any atom is 0.341 e. The molecule has 1 heterocycles. The van der Waals surface area contributed by atoms with Crippen LogP contribution in [0.25, 0.3) is 0 Å². The Balaban J connectivity index is 2.95. The zero-order valence-electron chi connectivity index (χ0n) is 9.67.